The monoisotopic (exact) mass is 393 g/mol. The standard InChI is InChI=1S/C21H27N7O/c1-5-22-21(29)27-10-8-26(9-11-27)19-17-13-23-28(20(17)25-16(4)24-19)18-7-6-14(2)12-15(18)3/h6-7,12-13H,5,8-11H2,1-4H3,(H,22,29). The zero-order valence-corrected chi connectivity index (χ0v) is 17.4. The number of hydrogen-bond donors (Lipinski definition) is 1. The first kappa shape index (κ1) is 19.2. The summed E-state index contributed by atoms with van der Waals surface area (Å²) in [6.07, 6.45) is 1.85. The highest BCUT2D eigenvalue weighted by Gasteiger charge is 2.24. The first-order valence-electron chi connectivity index (χ1n) is 10.1. The summed E-state index contributed by atoms with van der Waals surface area (Å²) in [4.78, 5) is 25.6. The van der Waals surface area contributed by atoms with Crippen LogP contribution < -0.4 is 10.2 Å². The van der Waals surface area contributed by atoms with Crippen LogP contribution in [-0.2, 0) is 0 Å². The fourth-order valence-electron chi connectivity index (χ4n) is 3.84. The number of carbonyl (C=O) groups is 1. The second-order valence-corrected chi connectivity index (χ2v) is 7.49. The van der Waals surface area contributed by atoms with E-state index in [1.165, 1.54) is 5.56 Å². The van der Waals surface area contributed by atoms with Gasteiger partial charge in [0.05, 0.1) is 17.3 Å². The van der Waals surface area contributed by atoms with E-state index in [2.05, 4.69) is 52.3 Å². The van der Waals surface area contributed by atoms with E-state index in [1.54, 1.807) is 0 Å². The van der Waals surface area contributed by atoms with Gasteiger partial charge in [-0.3, -0.25) is 0 Å². The minimum Gasteiger partial charge on any atom is -0.352 e. The number of carbonyl (C=O) groups excluding carboxylic acids is 1. The molecule has 1 aliphatic heterocycles. The van der Waals surface area contributed by atoms with Crippen LogP contribution >= 0.6 is 0 Å². The summed E-state index contributed by atoms with van der Waals surface area (Å²) in [7, 11) is 0. The first-order valence-corrected chi connectivity index (χ1v) is 10.1. The lowest BCUT2D eigenvalue weighted by molar-refractivity contribution is 0.195. The Labute approximate surface area is 170 Å². The Morgan fingerprint density at radius 3 is 2.55 bits per heavy atom. The lowest BCUT2D eigenvalue weighted by Gasteiger charge is -2.35. The van der Waals surface area contributed by atoms with Gasteiger partial charge < -0.3 is 15.1 Å². The van der Waals surface area contributed by atoms with E-state index in [0.717, 1.165) is 41.2 Å². The smallest absolute Gasteiger partial charge is 0.317 e. The number of amides is 2. The van der Waals surface area contributed by atoms with E-state index in [9.17, 15) is 4.79 Å². The van der Waals surface area contributed by atoms with Crippen LogP contribution in [0, 0.1) is 20.8 Å². The molecule has 3 aromatic rings. The number of piperazine rings is 1. The molecular weight excluding hydrogens is 366 g/mol. The third kappa shape index (κ3) is 3.62. The summed E-state index contributed by atoms with van der Waals surface area (Å²) >= 11 is 0. The van der Waals surface area contributed by atoms with Gasteiger partial charge in [0.2, 0.25) is 0 Å². The van der Waals surface area contributed by atoms with E-state index >= 15 is 0 Å². The Hall–Kier alpha value is -3.16. The SMILES string of the molecule is CCNC(=O)N1CCN(c2nc(C)nc3c2cnn3-c2ccc(C)cc2C)CC1. The lowest BCUT2D eigenvalue weighted by Crippen LogP contribution is -2.52. The molecule has 2 aromatic heterocycles. The Morgan fingerprint density at radius 1 is 1.10 bits per heavy atom. The summed E-state index contributed by atoms with van der Waals surface area (Å²) in [6.45, 7) is 11.5. The van der Waals surface area contributed by atoms with Crippen molar-refractivity contribution in [3.8, 4) is 5.69 Å². The van der Waals surface area contributed by atoms with Gasteiger partial charge in [-0.2, -0.15) is 5.10 Å². The van der Waals surface area contributed by atoms with Crippen molar-refractivity contribution < 1.29 is 4.79 Å². The molecule has 1 saturated heterocycles. The molecule has 1 aliphatic rings. The molecule has 2 amide bonds. The van der Waals surface area contributed by atoms with Gasteiger partial charge in [0.15, 0.2) is 5.65 Å². The molecule has 8 nitrogen and oxygen atoms in total. The van der Waals surface area contributed by atoms with Gasteiger partial charge in [0.1, 0.15) is 11.6 Å². The van der Waals surface area contributed by atoms with Gasteiger partial charge in [-0.1, -0.05) is 17.7 Å². The number of aryl methyl sites for hydroxylation is 3. The third-order valence-corrected chi connectivity index (χ3v) is 5.30. The van der Waals surface area contributed by atoms with Crippen molar-refractivity contribution >= 4 is 22.9 Å². The minimum absolute atomic E-state index is 0.00108. The Bertz CT molecular complexity index is 1050. The number of benzene rings is 1. The Morgan fingerprint density at radius 2 is 1.86 bits per heavy atom. The van der Waals surface area contributed by atoms with Crippen molar-refractivity contribution in [1.82, 2.24) is 30.0 Å². The second kappa shape index (κ2) is 7.69. The van der Waals surface area contributed by atoms with Crippen molar-refractivity contribution in [2.45, 2.75) is 27.7 Å². The van der Waals surface area contributed by atoms with Crippen molar-refractivity contribution in [2.75, 3.05) is 37.6 Å². The van der Waals surface area contributed by atoms with Gasteiger partial charge in [0.25, 0.3) is 0 Å². The summed E-state index contributed by atoms with van der Waals surface area (Å²) in [6, 6.07) is 6.32. The molecule has 3 heterocycles. The lowest BCUT2D eigenvalue weighted by atomic mass is 10.1. The molecular formula is C21H27N7O. The number of nitrogens with one attached hydrogen (secondary N) is 1. The van der Waals surface area contributed by atoms with Gasteiger partial charge in [0, 0.05) is 32.7 Å². The maximum atomic E-state index is 12.1. The van der Waals surface area contributed by atoms with Crippen LogP contribution in [0.15, 0.2) is 24.4 Å². The molecule has 1 fully saturated rings. The van der Waals surface area contributed by atoms with E-state index in [0.29, 0.717) is 25.5 Å². The zero-order chi connectivity index (χ0) is 20.5. The molecule has 0 radical (unpaired) electrons. The van der Waals surface area contributed by atoms with Crippen molar-refractivity contribution in [3.05, 3.63) is 41.3 Å². The Kier molecular flexibility index (Phi) is 5.08. The summed E-state index contributed by atoms with van der Waals surface area (Å²) < 4.78 is 1.90. The molecule has 0 aliphatic carbocycles. The molecule has 0 spiro atoms. The van der Waals surface area contributed by atoms with Gasteiger partial charge in [-0.15, -0.1) is 0 Å². The summed E-state index contributed by atoms with van der Waals surface area (Å²) in [5.41, 5.74) is 4.21. The molecule has 4 rings (SSSR count). The summed E-state index contributed by atoms with van der Waals surface area (Å²) in [5.74, 6) is 1.60. The highest BCUT2D eigenvalue weighted by atomic mass is 16.2. The molecule has 8 heteroatoms. The van der Waals surface area contributed by atoms with Crippen LogP contribution in [-0.4, -0.2) is 63.4 Å². The number of anilines is 1. The molecule has 0 bridgehead atoms. The predicted molar refractivity (Wildman–Crippen MR) is 114 cm³/mol. The highest BCUT2D eigenvalue weighted by molar-refractivity contribution is 5.88. The van der Waals surface area contributed by atoms with Crippen molar-refractivity contribution in [2.24, 2.45) is 0 Å². The number of hydrogen-bond acceptors (Lipinski definition) is 5. The average molecular weight is 393 g/mol. The fourth-order valence-corrected chi connectivity index (χ4v) is 3.84. The van der Waals surface area contributed by atoms with E-state index in [4.69, 9.17) is 4.98 Å². The van der Waals surface area contributed by atoms with Crippen LogP contribution in [0.4, 0.5) is 10.6 Å². The third-order valence-electron chi connectivity index (χ3n) is 5.30. The predicted octanol–water partition coefficient (Wildman–Crippen LogP) is 2.59. The molecule has 0 unspecified atom stereocenters. The van der Waals surface area contributed by atoms with E-state index in [1.807, 2.05) is 29.6 Å². The molecule has 1 aromatic carbocycles. The second-order valence-electron chi connectivity index (χ2n) is 7.49. The molecule has 0 atom stereocenters. The van der Waals surface area contributed by atoms with Crippen LogP contribution in [0.1, 0.15) is 23.9 Å². The van der Waals surface area contributed by atoms with Gasteiger partial charge in [-0.25, -0.2) is 19.4 Å². The number of nitrogens with zero attached hydrogens (tertiary/aromatic N) is 6. The number of rotatable bonds is 3. The Balaban J connectivity index is 1.67. The van der Waals surface area contributed by atoms with Crippen LogP contribution in [0.2, 0.25) is 0 Å². The number of aromatic nitrogens is 4. The van der Waals surface area contributed by atoms with Gasteiger partial charge >= 0.3 is 6.03 Å². The normalized spacial score (nSPS) is 14.5. The van der Waals surface area contributed by atoms with Crippen LogP contribution in [0.25, 0.3) is 16.7 Å². The zero-order valence-electron chi connectivity index (χ0n) is 17.4. The highest BCUT2D eigenvalue weighted by Crippen LogP contribution is 2.27. The fraction of sp³-hybridized carbons (Fsp3) is 0.429. The topological polar surface area (TPSA) is 79.2 Å². The van der Waals surface area contributed by atoms with E-state index < -0.39 is 0 Å². The maximum Gasteiger partial charge on any atom is 0.317 e. The molecule has 0 saturated carbocycles. The largest absolute Gasteiger partial charge is 0.352 e. The molecule has 152 valence electrons. The average Bonchev–Trinajstić information content (AvgIpc) is 3.11. The molecule has 29 heavy (non-hydrogen) atoms. The number of urea groups is 1. The summed E-state index contributed by atoms with van der Waals surface area (Å²) in [5, 5.41) is 8.43. The van der Waals surface area contributed by atoms with Crippen molar-refractivity contribution in [3.63, 3.8) is 0 Å². The van der Waals surface area contributed by atoms with Crippen molar-refractivity contribution in [1.29, 1.82) is 0 Å². The van der Waals surface area contributed by atoms with E-state index in [-0.39, 0.29) is 6.03 Å². The number of fused-ring (bicyclic) bond motifs is 1. The minimum atomic E-state index is -0.00108. The van der Waals surface area contributed by atoms with Gasteiger partial charge in [-0.05, 0) is 39.3 Å². The maximum absolute atomic E-state index is 12.1. The quantitative estimate of drug-likeness (QED) is 0.740. The van der Waals surface area contributed by atoms with Crippen LogP contribution in [0.3, 0.4) is 0 Å². The molecule has 1 N–H and O–H groups in total. The van der Waals surface area contributed by atoms with Crippen LogP contribution in [0.5, 0.6) is 0 Å². The first-order chi connectivity index (χ1) is 14.0.